The molecule has 3 rings (SSSR count). The van der Waals surface area contributed by atoms with E-state index in [1.54, 1.807) is 0 Å². The molecule has 1 atom stereocenters. The molecule has 2 aromatic rings. The van der Waals surface area contributed by atoms with Crippen molar-refractivity contribution in [1.82, 2.24) is 15.2 Å². The van der Waals surface area contributed by atoms with Crippen LogP contribution in [-0.2, 0) is 6.42 Å². The van der Waals surface area contributed by atoms with Gasteiger partial charge in [-0.15, -0.1) is 0 Å². The number of hydrogen-bond donors (Lipinski definition) is 1. The van der Waals surface area contributed by atoms with Crippen molar-refractivity contribution >= 4 is 15.9 Å². The van der Waals surface area contributed by atoms with Crippen LogP contribution in [0.5, 0.6) is 0 Å². The van der Waals surface area contributed by atoms with Gasteiger partial charge in [-0.2, -0.15) is 0 Å². The van der Waals surface area contributed by atoms with E-state index < -0.39 is 0 Å². The molecule has 23 heavy (non-hydrogen) atoms. The molecule has 1 aliphatic heterocycles. The molecular formula is C19H24BrN3. The average Bonchev–Trinajstić information content (AvgIpc) is 2.87. The standard InChI is InChI=1S/C19H24BrN3/c1-2-15-8-9-18(22-14-15)19(16-6-3-4-7-17(16)20)23-12-5-10-21-11-13-23/h3-4,6-9,14,19,21H,2,5,10-13H2,1H3. The van der Waals surface area contributed by atoms with Gasteiger partial charge in [0.25, 0.3) is 0 Å². The molecule has 122 valence electrons. The molecule has 1 aromatic carbocycles. The molecule has 0 amide bonds. The summed E-state index contributed by atoms with van der Waals surface area (Å²) in [7, 11) is 0. The lowest BCUT2D eigenvalue weighted by atomic mass is 10.00. The highest BCUT2D eigenvalue weighted by Crippen LogP contribution is 2.32. The van der Waals surface area contributed by atoms with Crippen LogP contribution in [-0.4, -0.2) is 36.1 Å². The molecule has 0 aliphatic carbocycles. The fourth-order valence-electron chi connectivity index (χ4n) is 3.17. The minimum atomic E-state index is 0.205. The van der Waals surface area contributed by atoms with Crippen molar-refractivity contribution in [2.75, 3.05) is 26.2 Å². The van der Waals surface area contributed by atoms with E-state index in [2.05, 4.69) is 69.5 Å². The Hall–Kier alpha value is -1.23. The number of benzene rings is 1. The second-order valence-electron chi connectivity index (χ2n) is 6.01. The minimum Gasteiger partial charge on any atom is -0.315 e. The molecular weight excluding hydrogens is 350 g/mol. The Morgan fingerprint density at radius 3 is 2.78 bits per heavy atom. The third-order valence-corrected chi connectivity index (χ3v) is 5.20. The molecule has 0 radical (unpaired) electrons. The third kappa shape index (κ3) is 4.00. The second-order valence-corrected chi connectivity index (χ2v) is 6.86. The summed E-state index contributed by atoms with van der Waals surface area (Å²) in [5, 5.41) is 3.49. The zero-order chi connectivity index (χ0) is 16.1. The Labute approximate surface area is 147 Å². The zero-order valence-corrected chi connectivity index (χ0v) is 15.2. The SMILES string of the molecule is CCc1ccc(C(c2ccccc2Br)N2CCCNCC2)nc1. The highest BCUT2D eigenvalue weighted by Gasteiger charge is 2.25. The van der Waals surface area contributed by atoms with Gasteiger partial charge in [0, 0.05) is 30.3 Å². The fraction of sp³-hybridized carbons (Fsp3) is 0.421. The highest BCUT2D eigenvalue weighted by atomic mass is 79.9. The highest BCUT2D eigenvalue weighted by molar-refractivity contribution is 9.10. The Bertz CT molecular complexity index is 619. The number of halogens is 1. The van der Waals surface area contributed by atoms with Crippen LogP contribution in [0.4, 0.5) is 0 Å². The van der Waals surface area contributed by atoms with E-state index in [1.807, 2.05) is 6.20 Å². The zero-order valence-electron chi connectivity index (χ0n) is 13.6. The van der Waals surface area contributed by atoms with Gasteiger partial charge in [-0.25, -0.2) is 0 Å². The summed E-state index contributed by atoms with van der Waals surface area (Å²) in [5.74, 6) is 0. The van der Waals surface area contributed by atoms with Gasteiger partial charge >= 0.3 is 0 Å². The predicted octanol–water partition coefficient (Wildman–Crippen LogP) is 3.79. The normalized spacial score (nSPS) is 17.7. The Morgan fingerprint density at radius 1 is 1.17 bits per heavy atom. The molecule has 1 unspecified atom stereocenters. The predicted molar refractivity (Wildman–Crippen MR) is 98.7 cm³/mol. The van der Waals surface area contributed by atoms with E-state index in [0.29, 0.717) is 0 Å². The van der Waals surface area contributed by atoms with Crippen LogP contribution < -0.4 is 5.32 Å². The van der Waals surface area contributed by atoms with E-state index in [1.165, 1.54) is 17.5 Å². The number of aromatic nitrogens is 1. The van der Waals surface area contributed by atoms with Crippen LogP contribution in [0.25, 0.3) is 0 Å². The van der Waals surface area contributed by atoms with Crippen LogP contribution in [0.15, 0.2) is 47.1 Å². The molecule has 3 nitrogen and oxygen atoms in total. The first-order valence-corrected chi connectivity index (χ1v) is 9.23. The maximum atomic E-state index is 4.79. The van der Waals surface area contributed by atoms with Crippen LogP contribution >= 0.6 is 15.9 Å². The Balaban J connectivity index is 1.99. The Morgan fingerprint density at radius 2 is 2.04 bits per heavy atom. The molecule has 4 heteroatoms. The minimum absolute atomic E-state index is 0.205. The summed E-state index contributed by atoms with van der Waals surface area (Å²) in [6, 6.07) is 13.1. The number of hydrogen-bond acceptors (Lipinski definition) is 3. The fourth-order valence-corrected chi connectivity index (χ4v) is 3.67. The molecule has 1 saturated heterocycles. The van der Waals surface area contributed by atoms with Crippen molar-refractivity contribution < 1.29 is 0 Å². The first kappa shape index (κ1) is 16.6. The van der Waals surface area contributed by atoms with Crippen molar-refractivity contribution in [3.63, 3.8) is 0 Å². The van der Waals surface area contributed by atoms with E-state index >= 15 is 0 Å². The summed E-state index contributed by atoms with van der Waals surface area (Å²) in [6.45, 7) is 6.44. The molecule has 2 heterocycles. The van der Waals surface area contributed by atoms with Gasteiger partial charge in [0.15, 0.2) is 0 Å². The number of pyridine rings is 1. The van der Waals surface area contributed by atoms with E-state index in [0.717, 1.165) is 42.8 Å². The van der Waals surface area contributed by atoms with Gasteiger partial charge in [0.1, 0.15) is 0 Å². The van der Waals surface area contributed by atoms with Crippen LogP contribution in [0, 0.1) is 0 Å². The van der Waals surface area contributed by atoms with Crippen LogP contribution in [0.1, 0.15) is 36.2 Å². The largest absolute Gasteiger partial charge is 0.315 e. The lowest BCUT2D eigenvalue weighted by molar-refractivity contribution is 0.236. The topological polar surface area (TPSA) is 28.2 Å². The summed E-state index contributed by atoms with van der Waals surface area (Å²) in [6.07, 6.45) is 4.23. The van der Waals surface area contributed by atoms with Gasteiger partial charge in [-0.05, 0) is 42.6 Å². The van der Waals surface area contributed by atoms with Gasteiger partial charge in [0.2, 0.25) is 0 Å². The monoisotopic (exact) mass is 373 g/mol. The van der Waals surface area contributed by atoms with Crippen LogP contribution in [0.2, 0.25) is 0 Å². The van der Waals surface area contributed by atoms with Crippen LogP contribution in [0.3, 0.4) is 0 Å². The molecule has 1 N–H and O–H groups in total. The molecule has 1 aliphatic rings. The average molecular weight is 374 g/mol. The first-order chi connectivity index (χ1) is 11.3. The summed E-state index contributed by atoms with van der Waals surface area (Å²) in [4.78, 5) is 7.34. The molecule has 1 aromatic heterocycles. The van der Waals surface area contributed by atoms with Crippen molar-refractivity contribution in [2.45, 2.75) is 25.8 Å². The van der Waals surface area contributed by atoms with Gasteiger partial charge in [-0.3, -0.25) is 9.88 Å². The number of nitrogens with one attached hydrogen (secondary N) is 1. The first-order valence-electron chi connectivity index (χ1n) is 8.43. The molecule has 0 spiro atoms. The molecule has 1 fully saturated rings. The van der Waals surface area contributed by atoms with E-state index in [-0.39, 0.29) is 6.04 Å². The summed E-state index contributed by atoms with van der Waals surface area (Å²) < 4.78 is 1.16. The summed E-state index contributed by atoms with van der Waals surface area (Å²) >= 11 is 3.74. The second kappa shape index (κ2) is 8.04. The van der Waals surface area contributed by atoms with Gasteiger partial charge < -0.3 is 5.32 Å². The number of aryl methyl sites for hydroxylation is 1. The number of rotatable bonds is 4. The Kier molecular flexibility index (Phi) is 5.81. The van der Waals surface area contributed by atoms with Gasteiger partial charge in [-0.1, -0.05) is 47.1 Å². The van der Waals surface area contributed by atoms with Gasteiger partial charge in [0.05, 0.1) is 11.7 Å². The maximum Gasteiger partial charge on any atom is 0.0787 e. The smallest absolute Gasteiger partial charge is 0.0787 e. The lowest BCUT2D eigenvalue weighted by Gasteiger charge is -2.31. The van der Waals surface area contributed by atoms with Crippen molar-refractivity contribution in [3.8, 4) is 0 Å². The summed E-state index contributed by atoms with van der Waals surface area (Å²) in [5.41, 5.74) is 3.72. The number of nitrogens with zero attached hydrogens (tertiary/aromatic N) is 2. The van der Waals surface area contributed by atoms with E-state index in [9.17, 15) is 0 Å². The van der Waals surface area contributed by atoms with Crippen molar-refractivity contribution in [1.29, 1.82) is 0 Å². The van der Waals surface area contributed by atoms with Crippen molar-refractivity contribution in [3.05, 3.63) is 63.9 Å². The molecule has 0 saturated carbocycles. The quantitative estimate of drug-likeness (QED) is 0.883. The third-order valence-electron chi connectivity index (χ3n) is 4.48. The van der Waals surface area contributed by atoms with Crippen molar-refractivity contribution in [2.24, 2.45) is 0 Å². The van der Waals surface area contributed by atoms with E-state index in [4.69, 9.17) is 4.98 Å². The maximum absolute atomic E-state index is 4.79. The molecule has 0 bridgehead atoms. The lowest BCUT2D eigenvalue weighted by Crippen LogP contribution is -2.33.